The first kappa shape index (κ1) is 18.6. The number of aryl methyl sites for hydroxylation is 1. The van der Waals surface area contributed by atoms with Gasteiger partial charge < -0.3 is 20.1 Å². The summed E-state index contributed by atoms with van der Waals surface area (Å²) < 4.78 is 10.7. The molecule has 0 saturated heterocycles. The van der Waals surface area contributed by atoms with Gasteiger partial charge in [0.1, 0.15) is 0 Å². The summed E-state index contributed by atoms with van der Waals surface area (Å²) in [4.78, 5) is 25.0. The quantitative estimate of drug-likeness (QED) is 0.695. The van der Waals surface area contributed by atoms with Gasteiger partial charge in [-0.25, -0.2) is 0 Å². The molecule has 146 valence electrons. The lowest BCUT2D eigenvalue weighted by molar-refractivity contribution is 0.0949. The summed E-state index contributed by atoms with van der Waals surface area (Å²) in [5.74, 6) is 0.944. The molecule has 0 radical (unpaired) electrons. The molecule has 0 saturated carbocycles. The molecule has 29 heavy (non-hydrogen) atoms. The minimum absolute atomic E-state index is 0.214. The zero-order valence-corrected chi connectivity index (χ0v) is 15.9. The molecule has 0 fully saturated rings. The van der Waals surface area contributed by atoms with Gasteiger partial charge in [0.15, 0.2) is 11.5 Å². The van der Waals surface area contributed by atoms with Crippen molar-refractivity contribution in [1.82, 2.24) is 5.32 Å². The predicted molar refractivity (Wildman–Crippen MR) is 109 cm³/mol. The molecule has 0 atom stereocenters. The van der Waals surface area contributed by atoms with Gasteiger partial charge in [-0.05, 0) is 54.4 Å². The Labute approximate surface area is 168 Å². The zero-order valence-electron chi connectivity index (χ0n) is 15.9. The maximum Gasteiger partial charge on any atom is 0.255 e. The zero-order chi connectivity index (χ0) is 20.2. The van der Waals surface area contributed by atoms with Gasteiger partial charge in [-0.15, -0.1) is 0 Å². The summed E-state index contributed by atoms with van der Waals surface area (Å²) in [6.45, 7) is 2.45. The predicted octanol–water partition coefficient (Wildman–Crippen LogP) is 3.91. The average Bonchev–Trinajstić information content (AvgIpc) is 3.22. The number of carbonyl (C=O) groups is 2. The molecule has 0 aromatic heterocycles. The fourth-order valence-electron chi connectivity index (χ4n) is 3.02. The molecule has 6 nitrogen and oxygen atoms in total. The molecule has 3 aromatic rings. The first-order valence-corrected chi connectivity index (χ1v) is 9.24. The van der Waals surface area contributed by atoms with Gasteiger partial charge in [-0.1, -0.05) is 30.3 Å². The van der Waals surface area contributed by atoms with Crippen LogP contribution in [0.2, 0.25) is 0 Å². The van der Waals surface area contributed by atoms with Crippen molar-refractivity contribution in [2.75, 3.05) is 12.1 Å². The Balaban J connectivity index is 1.43. The summed E-state index contributed by atoms with van der Waals surface area (Å²) in [6.07, 6.45) is 0. The number of rotatable bonds is 5. The molecule has 2 amide bonds. The second kappa shape index (κ2) is 8.06. The fourth-order valence-corrected chi connectivity index (χ4v) is 3.02. The van der Waals surface area contributed by atoms with Crippen LogP contribution in [0.25, 0.3) is 0 Å². The van der Waals surface area contributed by atoms with Gasteiger partial charge in [0.2, 0.25) is 6.79 Å². The van der Waals surface area contributed by atoms with Crippen molar-refractivity contribution in [3.05, 3.63) is 89.0 Å². The van der Waals surface area contributed by atoms with E-state index in [0.29, 0.717) is 34.9 Å². The Bertz CT molecular complexity index is 1060. The van der Waals surface area contributed by atoms with Crippen LogP contribution in [0.3, 0.4) is 0 Å². The van der Waals surface area contributed by atoms with E-state index >= 15 is 0 Å². The summed E-state index contributed by atoms with van der Waals surface area (Å²) >= 11 is 0. The van der Waals surface area contributed by atoms with E-state index < -0.39 is 0 Å². The van der Waals surface area contributed by atoms with E-state index in [4.69, 9.17) is 9.47 Å². The van der Waals surface area contributed by atoms with Crippen LogP contribution in [0.15, 0.2) is 66.7 Å². The Morgan fingerprint density at radius 3 is 2.48 bits per heavy atom. The number of benzene rings is 3. The molecule has 3 aromatic carbocycles. The van der Waals surface area contributed by atoms with Gasteiger partial charge in [-0.3, -0.25) is 9.59 Å². The number of fused-ring (bicyclic) bond motifs is 1. The Hall–Kier alpha value is -3.80. The minimum atomic E-state index is -0.224. The van der Waals surface area contributed by atoms with Crippen molar-refractivity contribution in [3.8, 4) is 11.5 Å². The van der Waals surface area contributed by atoms with Crippen molar-refractivity contribution in [2.24, 2.45) is 0 Å². The van der Waals surface area contributed by atoms with Crippen LogP contribution in [0.5, 0.6) is 11.5 Å². The number of hydrogen-bond acceptors (Lipinski definition) is 4. The fraction of sp³-hybridized carbons (Fsp3) is 0.130. The molecular weight excluding hydrogens is 368 g/mol. The van der Waals surface area contributed by atoms with Crippen LogP contribution in [0.1, 0.15) is 31.8 Å². The SMILES string of the molecule is Cc1ccc(C(=O)NCc2ccc3c(c2)OCO3)cc1NC(=O)c1ccccc1. The average molecular weight is 388 g/mol. The van der Waals surface area contributed by atoms with E-state index in [0.717, 1.165) is 11.1 Å². The molecule has 1 aliphatic rings. The highest BCUT2D eigenvalue weighted by Crippen LogP contribution is 2.32. The lowest BCUT2D eigenvalue weighted by Gasteiger charge is -2.11. The lowest BCUT2D eigenvalue weighted by Crippen LogP contribution is -2.23. The van der Waals surface area contributed by atoms with E-state index in [1.54, 1.807) is 24.3 Å². The highest BCUT2D eigenvalue weighted by Gasteiger charge is 2.14. The molecule has 4 rings (SSSR count). The van der Waals surface area contributed by atoms with Crippen LogP contribution >= 0.6 is 0 Å². The lowest BCUT2D eigenvalue weighted by atomic mass is 10.1. The molecule has 1 heterocycles. The Kier molecular flexibility index (Phi) is 5.16. The van der Waals surface area contributed by atoms with Gasteiger partial charge in [0.05, 0.1) is 0 Å². The summed E-state index contributed by atoms with van der Waals surface area (Å²) in [5, 5.41) is 5.76. The molecule has 1 aliphatic heterocycles. The number of ether oxygens (including phenoxy) is 2. The van der Waals surface area contributed by atoms with Crippen LogP contribution in [-0.2, 0) is 6.54 Å². The maximum absolute atomic E-state index is 12.6. The van der Waals surface area contributed by atoms with Gasteiger partial charge in [0, 0.05) is 23.4 Å². The summed E-state index contributed by atoms with van der Waals surface area (Å²) in [5.41, 5.74) is 3.42. The summed E-state index contributed by atoms with van der Waals surface area (Å²) in [7, 11) is 0. The normalized spacial score (nSPS) is 11.8. The van der Waals surface area contributed by atoms with Gasteiger partial charge >= 0.3 is 0 Å². The molecule has 2 N–H and O–H groups in total. The van der Waals surface area contributed by atoms with Crippen LogP contribution in [0, 0.1) is 6.92 Å². The van der Waals surface area contributed by atoms with Crippen molar-refractivity contribution >= 4 is 17.5 Å². The monoisotopic (exact) mass is 388 g/mol. The topological polar surface area (TPSA) is 76.7 Å². The second-order valence-corrected chi connectivity index (χ2v) is 6.72. The van der Waals surface area contributed by atoms with E-state index in [1.165, 1.54) is 0 Å². The molecule has 0 unspecified atom stereocenters. The van der Waals surface area contributed by atoms with Crippen molar-refractivity contribution in [1.29, 1.82) is 0 Å². The minimum Gasteiger partial charge on any atom is -0.454 e. The molecular formula is C23H20N2O4. The van der Waals surface area contributed by atoms with Crippen LogP contribution in [-0.4, -0.2) is 18.6 Å². The highest BCUT2D eigenvalue weighted by atomic mass is 16.7. The number of amides is 2. The molecule has 0 bridgehead atoms. The summed E-state index contributed by atoms with van der Waals surface area (Å²) in [6, 6.07) is 19.8. The van der Waals surface area contributed by atoms with Crippen molar-refractivity contribution < 1.29 is 19.1 Å². The van der Waals surface area contributed by atoms with Crippen molar-refractivity contribution in [2.45, 2.75) is 13.5 Å². The van der Waals surface area contributed by atoms with Crippen LogP contribution < -0.4 is 20.1 Å². The first-order valence-electron chi connectivity index (χ1n) is 9.24. The third kappa shape index (κ3) is 4.21. The Morgan fingerprint density at radius 2 is 1.66 bits per heavy atom. The standard InChI is InChI=1S/C23H20N2O4/c1-15-7-9-18(12-19(15)25-23(27)17-5-3-2-4-6-17)22(26)24-13-16-8-10-20-21(11-16)29-14-28-20/h2-12H,13-14H2,1H3,(H,24,26)(H,25,27). The molecule has 0 spiro atoms. The smallest absolute Gasteiger partial charge is 0.255 e. The van der Waals surface area contributed by atoms with Gasteiger partial charge in [0.25, 0.3) is 11.8 Å². The third-order valence-corrected chi connectivity index (χ3v) is 4.67. The Morgan fingerprint density at radius 1 is 0.862 bits per heavy atom. The number of hydrogen-bond donors (Lipinski definition) is 2. The molecule has 6 heteroatoms. The second-order valence-electron chi connectivity index (χ2n) is 6.72. The van der Waals surface area contributed by atoms with E-state index in [-0.39, 0.29) is 18.6 Å². The first-order chi connectivity index (χ1) is 14.1. The highest BCUT2D eigenvalue weighted by molar-refractivity contribution is 6.05. The van der Waals surface area contributed by atoms with E-state index in [2.05, 4.69) is 10.6 Å². The van der Waals surface area contributed by atoms with Crippen LogP contribution in [0.4, 0.5) is 5.69 Å². The molecule has 0 aliphatic carbocycles. The van der Waals surface area contributed by atoms with E-state index in [1.807, 2.05) is 49.4 Å². The van der Waals surface area contributed by atoms with E-state index in [9.17, 15) is 9.59 Å². The van der Waals surface area contributed by atoms with Crippen molar-refractivity contribution in [3.63, 3.8) is 0 Å². The number of nitrogens with one attached hydrogen (secondary N) is 2. The third-order valence-electron chi connectivity index (χ3n) is 4.67. The maximum atomic E-state index is 12.6. The largest absolute Gasteiger partial charge is 0.454 e. The number of anilines is 1. The van der Waals surface area contributed by atoms with Gasteiger partial charge in [-0.2, -0.15) is 0 Å². The number of carbonyl (C=O) groups excluding carboxylic acids is 2.